The first kappa shape index (κ1) is 21.9. The predicted octanol–water partition coefficient (Wildman–Crippen LogP) is 3.13. The van der Waals surface area contributed by atoms with E-state index < -0.39 is 17.8 Å². The van der Waals surface area contributed by atoms with Gasteiger partial charge in [0.05, 0.1) is 25.3 Å². The topological polar surface area (TPSA) is 115 Å². The highest BCUT2D eigenvalue weighted by Crippen LogP contribution is 2.20. The second-order valence-corrected chi connectivity index (χ2v) is 7.02. The normalized spacial score (nSPS) is 10.4. The number of aryl methyl sites for hydroxylation is 1. The van der Waals surface area contributed by atoms with Crippen LogP contribution < -0.4 is 5.32 Å². The van der Waals surface area contributed by atoms with Crippen molar-refractivity contribution >= 4 is 35.8 Å². The van der Waals surface area contributed by atoms with E-state index in [4.69, 9.17) is 21.7 Å². The number of amides is 1. The van der Waals surface area contributed by atoms with Gasteiger partial charge in [0.25, 0.3) is 0 Å². The fourth-order valence-corrected chi connectivity index (χ4v) is 3.10. The molecule has 0 aliphatic carbocycles. The molecule has 1 aromatic heterocycles. The van der Waals surface area contributed by atoms with Gasteiger partial charge in [-0.05, 0) is 37.3 Å². The van der Waals surface area contributed by atoms with Gasteiger partial charge in [0.1, 0.15) is 6.54 Å². The fourth-order valence-electron chi connectivity index (χ4n) is 2.90. The van der Waals surface area contributed by atoms with Crippen LogP contribution in [0.1, 0.15) is 26.3 Å². The summed E-state index contributed by atoms with van der Waals surface area (Å²) in [6, 6.07) is 11.8. The third kappa shape index (κ3) is 5.04. The van der Waals surface area contributed by atoms with Crippen molar-refractivity contribution in [3.8, 4) is 11.4 Å². The van der Waals surface area contributed by atoms with Crippen LogP contribution in [0.5, 0.6) is 0 Å². The van der Waals surface area contributed by atoms with Gasteiger partial charge in [-0.3, -0.25) is 14.5 Å². The smallest absolute Gasteiger partial charge is 0.337 e. The molecule has 9 nitrogen and oxygen atoms in total. The number of aromatic amines is 1. The van der Waals surface area contributed by atoms with Gasteiger partial charge in [0.2, 0.25) is 5.91 Å². The molecular formula is C21H20N4O5S. The van der Waals surface area contributed by atoms with Crippen LogP contribution in [0.4, 0.5) is 5.69 Å². The fraction of sp³-hybridized carbons (Fsp3) is 0.190. The molecule has 0 radical (unpaired) electrons. The maximum atomic E-state index is 12.7. The Kier molecular flexibility index (Phi) is 6.61. The Morgan fingerprint density at radius 1 is 1.03 bits per heavy atom. The van der Waals surface area contributed by atoms with Crippen molar-refractivity contribution in [2.45, 2.75) is 13.5 Å². The molecule has 10 heteroatoms. The molecule has 1 heterocycles. The van der Waals surface area contributed by atoms with E-state index >= 15 is 0 Å². The van der Waals surface area contributed by atoms with Crippen LogP contribution in [-0.4, -0.2) is 46.8 Å². The Hall–Kier alpha value is -3.79. The number of esters is 2. The first-order valence-corrected chi connectivity index (χ1v) is 9.57. The zero-order chi connectivity index (χ0) is 22.5. The second-order valence-electron chi connectivity index (χ2n) is 6.63. The molecule has 0 aliphatic heterocycles. The Balaban J connectivity index is 1.87. The van der Waals surface area contributed by atoms with E-state index in [-0.39, 0.29) is 28.1 Å². The lowest BCUT2D eigenvalue weighted by Crippen LogP contribution is -2.20. The minimum absolute atomic E-state index is 0.0981. The average Bonchev–Trinajstić information content (AvgIpc) is 3.12. The molecule has 0 aliphatic rings. The first-order valence-electron chi connectivity index (χ1n) is 9.16. The van der Waals surface area contributed by atoms with Crippen molar-refractivity contribution in [2.75, 3.05) is 19.5 Å². The Morgan fingerprint density at radius 3 is 2.16 bits per heavy atom. The van der Waals surface area contributed by atoms with Crippen LogP contribution in [0.15, 0.2) is 42.5 Å². The van der Waals surface area contributed by atoms with Crippen LogP contribution in [0.2, 0.25) is 0 Å². The number of methoxy groups -OCH3 is 2. The minimum Gasteiger partial charge on any atom is -0.465 e. The van der Waals surface area contributed by atoms with E-state index in [1.54, 1.807) is 4.57 Å². The quantitative estimate of drug-likeness (QED) is 0.447. The van der Waals surface area contributed by atoms with Crippen LogP contribution in [-0.2, 0) is 20.8 Å². The van der Waals surface area contributed by atoms with Gasteiger partial charge in [-0.1, -0.05) is 29.8 Å². The number of nitrogens with one attached hydrogen (secondary N) is 2. The van der Waals surface area contributed by atoms with E-state index in [1.165, 1.54) is 32.4 Å². The van der Waals surface area contributed by atoms with E-state index in [2.05, 4.69) is 15.5 Å². The second kappa shape index (κ2) is 9.35. The molecule has 31 heavy (non-hydrogen) atoms. The van der Waals surface area contributed by atoms with Crippen LogP contribution in [0.3, 0.4) is 0 Å². The number of hydrogen-bond donors (Lipinski definition) is 2. The van der Waals surface area contributed by atoms with E-state index in [1.807, 2.05) is 31.2 Å². The van der Waals surface area contributed by atoms with Gasteiger partial charge in [0, 0.05) is 11.3 Å². The lowest BCUT2D eigenvalue weighted by atomic mass is 10.1. The third-order valence-corrected chi connectivity index (χ3v) is 4.74. The number of rotatable bonds is 6. The highest BCUT2D eigenvalue weighted by atomic mass is 32.1. The van der Waals surface area contributed by atoms with Gasteiger partial charge in [-0.2, -0.15) is 5.10 Å². The Labute approximate surface area is 183 Å². The molecule has 0 fully saturated rings. The molecule has 2 N–H and O–H groups in total. The van der Waals surface area contributed by atoms with Crippen molar-refractivity contribution < 1.29 is 23.9 Å². The summed E-state index contributed by atoms with van der Waals surface area (Å²) in [5.41, 5.74) is 2.32. The molecule has 0 unspecified atom stereocenters. The van der Waals surface area contributed by atoms with Crippen molar-refractivity contribution in [1.29, 1.82) is 0 Å². The molecule has 3 rings (SSSR count). The molecule has 0 bridgehead atoms. The molecule has 3 aromatic rings. The number of ether oxygens (including phenoxy) is 2. The summed E-state index contributed by atoms with van der Waals surface area (Å²) in [5, 5.41) is 9.58. The van der Waals surface area contributed by atoms with Crippen molar-refractivity contribution in [1.82, 2.24) is 14.8 Å². The standard InChI is InChI=1S/C21H20N4O5S/c1-12-4-6-13(7-5-12)18-23-24-21(31)25(18)11-17(26)22-16-9-14(19(27)29-2)8-15(10-16)20(28)30-3/h4-10H,11H2,1-3H3,(H,22,26)(H,24,31). The summed E-state index contributed by atoms with van der Waals surface area (Å²) in [6.45, 7) is 1.84. The number of hydrogen-bond acceptors (Lipinski definition) is 7. The lowest BCUT2D eigenvalue weighted by Gasteiger charge is -2.11. The number of H-pyrrole nitrogens is 1. The van der Waals surface area contributed by atoms with Crippen LogP contribution in [0.25, 0.3) is 11.4 Å². The van der Waals surface area contributed by atoms with Gasteiger partial charge >= 0.3 is 11.9 Å². The van der Waals surface area contributed by atoms with Crippen molar-refractivity contribution in [3.05, 3.63) is 63.9 Å². The number of carbonyl (C=O) groups excluding carboxylic acids is 3. The van der Waals surface area contributed by atoms with Gasteiger partial charge in [-0.15, -0.1) is 0 Å². The van der Waals surface area contributed by atoms with Gasteiger partial charge in [-0.25, -0.2) is 9.59 Å². The number of nitrogens with zero attached hydrogens (tertiary/aromatic N) is 2. The van der Waals surface area contributed by atoms with Gasteiger partial charge in [0.15, 0.2) is 10.6 Å². The maximum Gasteiger partial charge on any atom is 0.337 e. The molecule has 0 spiro atoms. The van der Waals surface area contributed by atoms with Crippen molar-refractivity contribution in [3.63, 3.8) is 0 Å². The summed E-state index contributed by atoms with van der Waals surface area (Å²) in [5.74, 6) is -1.22. The molecule has 2 aromatic carbocycles. The third-order valence-electron chi connectivity index (χ3n) is 4.43. The summed E-state index contributed by atoms with van der Waals surface area (Å²) in [6.07, 6.45) is 0. The Bertz CT molecular complexity index is 1160. The molecular weight excluding hydrogens is 420 g/mol. The average molecular weight is 440 g/mol. The SMILES string of the molecule is COC(=O)c1cc(NC(=O)Cn2c(-c3ccc(C)cc3)n[nH]c2=S)cc(C(=O)OC)c1. The van der Waals surface area contributed by atoms with Gasteiger partial charge < -0.3 is 14.8 Å². The summed E-state index contributed by atoms with van der Waals surface area (Å²) < 4.78 is 11.2. The zero-order valence-corrected chi connectivity index (χ0v) is 17.9. The van der Waals surface area contributed by atoms with Crippen LogP contribution in [0, 0.1) is 11.7 Å². The molecule has 0 saturated heterocycles. The summed E-state index contributed by atoms with van der Waals surface area (Å²) in [4.78, 5) is 36.6. The van der Waals surface area contributed by atoms with E-state index in [0.29, 0.717) is 5.82 Å². The maximum absolute atomic E-state index is 12.7. The molecule has 1 amide bonds. The van der Waals surface area contributed by atoms with E-state index in [0.717, 1.165) is 11.1 Å². The van der Waals surface area contributed by atoms with E-state index in [9.17, 15) is 14.4 Å². The highest BCUT2D eigenvalue weighted by Gasteiger charge is 2.17. The van der Waals surface area contributed by atoms with Crippen molar-refractivity contribution in [2.24, 2.45) is 0 Å². The zero-order valence-electron chi connectivity index (χ0n) is 17.1. The highest BCUT2D eigenvalue weighted by molar-refractivity contribution is 7.71. The molecule has 160 valence electrons. The Morgan fingerprint density at radius 2 is 1.61 bits per heavy atom. The summed E-state index contributed by atoms with van der Waals surface area (Å²) >= 11 is 5.27. The van der Waals surface area contributed by atoms with Crippen LogP contribution >= 0.6 is 12.2 Å². The lowest BCUT2D eigenvalue weighted by molar-refractivity contribution is -0.116. The predicted molar refractivity (Wildman–Crippen MR) is 115 cm³/mol. The molecule has 0 saturated carbocycles. The minimum atomic E-state index is -0.653. The first-order chi connectivity index (χ1) is 14.8. The number of anilines is 1. The number of aromatic nitrogens is 3. The number of benzene rings is 2. The largest absolute Gasteiger partial charge is 0.465 e. The molecule has 0 atom stereocenters. The summed E-state index contributed by atoms with van der Waals surface area (Å²) in [7, 11) is 2.44. The monoisotopic (exact) mass is 440 g/mol. The number of carbonyl (C=O) groups is 3.